The van der Waals surface area contributed by atoms with E-state index in [4.69, 9.17) is 21.9 Å². The third kappa shape index (κ3) is 2.11. The molecule has 5 heteroatoms. The molecule has 0 bridgehead atoms. The molecule has 104 valence electrons. The van der Waals surface area contributed by atoms with E-state index in [9.17, 15) is 0 Å². The van der Waals surface area contributed by atoms with E-state index >= 15 is 0 Å². The smallest absolute Gasteiger partial charge is 0.138 e. The molecule has 0 unspecified atom stereocenters. The summed E-state index contributed by atoms with van der Waals surface area (Å²) in [6.07, 6.45) is 2.08. The molecular weight excluding hydrogens is 274 g/mol. The first kappa shape index (κ1) is 13.2. The molecule has 4 nitrogen and oxygen atoms in total. The number of nitrogens with two attached hydrogens (primary N) is 1. The zero-order chi connectivity index (χ0) is 14.3. The normalized spacial score (nSPS) is 11.4. The predicted molar refractivity (Wildman–Crippen MR) is 79.9 cm³/mol. The number of benzene rings is 1. The highest BCUT2D eigenvalue weighted by Crippen LogP contribution is 2.26. The van der Waals surface area contributed by atoms with Gasteiger partial charge in [-0.25, -0.2) is 0 Å². The molecule has 0 amide bonds. The first-order chi connectivity index (χ1) is 9.60. The highest BCUT2D eigenvalue weighted by molar-refractivity contribution is 6.31. The first-order valence-corrected chi connectivity index (χ1v) is 6.87. The van der Waals surface area contributed by atoms with Crippen molar-refractivity contribution < 1.29 is 4.52 Å². The van der Waals surface area contributed by atoms with Gasteiger partial charge in [0.05, 0.1) is 17.8 Å². The Morgan fingerprint density at radius 1 is 1.35 bits per heavy atom. The maximum atomic E-state index is 6.11. The maximum absolute atomic E-state index is 6.11. The van der Waals surface area contributed by atoms with Crippen molar-refractivity contribution in [3.63, 3.8) is 0 Å². The van der Waals surface area contributed by atoms with E-state index in [0.717, 1.165) is 38.5 Å². The lowest BCUT2D eigenvalue weighted by Gasteiger charge is -2.05. The second-order valence-electron chi connectivity index (χ2n) is 4.95. The molecular formula is C15H16ClN3O. The Morgan fingerprint density at radius 2 is 2.15 bits per heavy atom. The second-order valence-corrected chi connectivity index (χ2v) is 5.39. The summed E-state index contributed by atoms with van der Waals surface area (Å²) in [5.41, 5.74) is 10.0. The van der Waals surface area contributed by atoms with Gasteiger partial charge in [-0.2, -0.15) is 0 Å². The van der Waals surface area contributed by atoms with Crippen molar-refractivity contribution in [2.75, 3.05) is 0 Å². The minimum atomic E-state index is 0.507. The maximum Gasteiger partial charge on any atom is 0.138 e. The summed E-state index contributed by atoms with van der Waals surface area (Å²) in [6, 6.07) is 5.88. The number of fused-ring (bicyclic) bond motifs is 1. The van der Waals surface area contributed by atoms with E-state index in [-0.39, 0.29) is 0 Å². The molecule has 1 aromatic carbocycles. The Morgan fingerprint density at radius 3 is 2.80 bits per heavy atom. The van der Waals surface area contributed by atoms with E-state index in [0.29, 0.717) is 13.1 Å². The Kier molecular flexibility index (Phi) is 3.28. The second kappa shape index (κ2) is 4.96. The number of aromatic nitrogens is 2. The minimum Gasteiger partial charge on any atom is -0.361 e. The van der Waals surface area contributed by atoms with E-state index in [1.807, 2.05) is 32.0 Å². The Balaban J connectivity index is 2.14. The van der Waals surface area contributed by atoms with Crippen LogP contribution >= 0.6 is 11.6 Å². The summed E-state index contributed by atoms with van der Waals surface area (Å²) in [5.74, 6) is 0.848. The van der Waals surface area contributed by atoms with Crippen molar-refractivity contribution >= 4 is 22.5 Å². The average molecular weight is 290 g/mol. The van der Waals surface area contributed by atoms with Crippen LogP contribution in [0.5, 0.6) is 0 Å². The van der Waals surface area contributed by atoms with Gasteiger partial charge in [0.1, 0.15) is 5.76 Å². The van der Waals surface area contributed by atoms with Crippen molar-refractivity contribution in [2.45, 2.75) is 26.9 Å². The molecule has 0 fully saturated rings. The standard InChI is InChI=1S/C15H16ClN3O/c1-9-14(10(2)20-18-9)8-19-7-11(6-17)13-4-3-12(16)5-15(13)19/h3-5,7H,6,8,17H2,1-2H3. The third-order valence-corrected chi connectivity index (χ3v) is 3.89. The average Bonchev–Trinajstić information content (AvgIpc) is 2.93. The van der Waals surface area contributed by atoms with E-state index < -0.39 is 0 Å². The number of rotatable bonds is 3. The molecule has 0 aliphatic carbocycles. The van der Waals surface area contributed by atoms with E-state index in [1.165, 1.54) is 0 Å². The van der Waals surface area contributed by atoms with E-state index in [1.54, 1.807) is 0 Å². The largest absolute Gasteiger partial charge is 0.361 e. The molecule has 0 saturated carbocycles. The molecule has 0 atom stereocenters. The molecule has 3 rings (SSSR count). The summed E-state index contributed by atoms with van der Waals surface area (Å²) >= 11 is 6.11. The topological polar surface area (TPSA) is 57.0 Å². The Bertz CT molecular complexity index is 753. The van der Waals surface area contributed by atoms with Crippen LogP contribution in [0.4, 0.5) is 0 Å². The van der Waals surface area contributed by atoms with Crippen LogP contribution in [0.25, 0.3) is 10.9 Å². The van der Waals surface area contributed by atoms with Crippen LogP contribution in [0.2, 0.25) is 5.02 Å². The van der Waals surface area contributed by atoms with Crippen LogP contribution < -0.4 is 5.73 Å². The lowest BCUT2D eigenvalue weighted by molar-refractivity contribution is 0.392. The molecule has 0 radical (unpaired) electrons. The molecule has 3 aromatic rings. The molecule has 2 aromatic heterocycles. The number of hydrogen-bond donors (Lipinski definition) is 1. The summed E-state index contributed by atoms with van der Waals surface area (Å²) in [7, 11) is 0. The molecule has 20 heavy (non-hydrogen) atoms. The molecule has 0 spiro atoms. The molecule has 2 heterocycles. The van der Waals surface area contributed by atoms with Gasteiger partial charge in [-0.15, -0.1) is 0 Å². The highest BCUT2D eigenvalue weighted by atomic mass is 35.5. The fraction of sp³-hybridized carbons (Fsp3) is 0.267. The van der Waals surface area contributed by atoms with Crippen LogP contribution in [0.1, 0.15) is 22.6 Å². The fourth-order valence-electron chi connectivity index (χ4n) is 2.53. The van der Waals surface area contributed by atoms with Crippen molar-refractivity contribution in [3.05, 3.63) is 52.0 Å². The third-order valence-electron chi connectivity index (χ3n) is 3.66. The van der Waals surface area contributed by atoms with Crippen LogP contribution in [0, 0.1) is 13.8 Å². The van der Waals surface area contributed by atoms with E-state index in [2.05, 4.69) is 15.9 Å². The van der Waals surface area contributed by atoms with Gasteiger partial charge in [0.25, 0.3) is 0 Å². The van der Waals surface area contributed by atoms with Gasteiger partial charge in [0, 0.05) is 28.7 Å². The van der Waals surface area contributed by atoms with Gasteiger partial charge in [0.2, 0.25) is 0 Å². The quantitative estimate of drug-likeness (QED) is 0.804. The summed E-state index contributed by atoms with van der Waals surface area (Å²) in [5, 5.41) is 5.86. The Labute approximate surface area is 122 Å². The molecule has 0 saturated heterocycles. The molecule has 2 N–H and O–H groups in total. The van der Waals surface area contributed by atoms with Crippen LogP contribution in [0.15, 0.2) is 28.9 Å². The van der Waals surface area contributed by atoms with Crippen LogP contribution in [-0.4, -0.2) is 9.72 Å². The molecule has 0 aliphatic rings. The number of nitrogens with zero attached hydrogens (tertiary/aromatic N) is 2. The summed E-state index contributed by atoms with van der Waals surface area (Å²) < 4.78 is 7.37. The summed E-state index contributed by atoms with van der Waals surface area (Å²) in [6.45, 7) is 5.09. The zero-order valence-corrected chi connectivity index (χ0v) is 12.2. The number of aryl methyl sites for hydroxylation is 2. The van der Waals surface area contributed by atoms with Gasteiger partial charge >= 0.3 is 0 Å². The first-order valence-electron chi connectivity index (χ1n) is 6.49. The van der Waals surface area contributed by atoms with Crippen molar-refractivity contribution in [2.24, 2.45) is 5.73 Å². The van der Waals surface area contributed by atoms with Gasteiger partial charge in [-0.1, -0.05) is 22.8 Å². The van der Waals surface area contributed by atoms with Crippen LogP contribution in [-0.2, 0) is 13.1 Å². The lowest BCUT2D eigenvalue weighted by atomic mass is 10.2. The minimum absolute atomic E-state index is 0.507. The monoisotopic (exact) mass is 289 g/mol. The van der Waals surface area contributed by atoms with Crippen molar-refractivity contribution in [3.8, 4) is 0 Å². The predicted octanol–water partition coefficient (Wildman–Crippen LogP) is 3.41. The van der Waals surface area contributed by atoms with Gasteiger partial charge in [0.15, 0.2) is 0 Å². The highest BCUT2D eigenvalue weighted by Gasteiger charge is 2.13. The number of hydrogen-bond acceptors (Lipinski definition) is 3. The van der Waals surface area contributed by atoms with Crippen molar-refractivity contribution in [1.29, 1.82) is 0 Å². The number of halogens is 1. The van der Waals surface area contributed by atoms with Crippen LogP contribution in [0.3, 0.4) is 0 Å². The zero-order valence-electron chi connectivity index (χ0n) is 11.5. The summed E-state index contributed by atoms with van der Waals surface area (Å²) in [4.78, 5) is 0. The SMILES string of the molecule is Cc1noc(C)c1Cn1cc(CN)c2ccc(Cl)cc21. The van der Waals surface area contributed by atoms with Gasteiger partial charge in [-0.05, 0) is 31.5 Å². The molecule has 0 aliphatic heterocycles. The fourth-order valence-corrected chi connectivity index (χ4v) is 2.70. The van der Waals surface area contributed by atoms with Gasteiger partial charge < -0.3 is 14.8 Å². The lowest BCUT2D eigenvalue weighted by Crippen LogP contribution is -2.00. The van der Waals surface area contributed by atoms with Crippen molar-refractivity contribution in [1.82, 2.24) is 9.72 Å². The Hall–Kier alpha value is -1.78. The van der Waals surface area contributed by atoms with Gasteiger partial charge in [-0.3, -0.25) is 0 Å².